The van der Waals surface area contributed by atoms with E-state index >= 15 is 0 Å². The van der Waals surface area contributed by atoms with Gasteiger partial charge in [-0.05, 0) is 24.5 Å². The molecule has 2 aromatic heterocycles. The number of thiophene rings is 1. The summed E-state index contributed by atoms with van der Waals surface area (Å²) in [4.78, 5) is 17.6. The minimum atomic E-state index is -0.355. The van der Waals surface area contributed by atoms with Crippen molar-refractivity contribution in [2.24, 2.45) is 0 Å². The molecule has 0 spiro atoms. The Morgan fingerprint density at radius 1 is 1.50 bits per heavy atom. The standard InChI is InChI=1S/C15H18N2O2S/c1-4-19-15(18)14-12(16)11(9(2)3)13(20-14)10-6-5-7-17-8-10/h5-9H,4,16H2,1-3H3. The highest BCUT2D eigenvalue weighted by Gasteiger charge is 2.24. The van der Waals surface area contributed by atoms with Crippen LogP contribution in [0.1, 0.15) is 41.9 Å². The number of ether oxygens (including phenoxy) is 1. The number of nitrogens with two attached hydrogens (primary N) is 1. The molecule has 2 rings (SSSR count). The van der Waals surface area contributed by atoms with Crippen molar-refractivity contribution < 1.29 is 9.53 Å². The number of esters is 1. The summed E-state index contributed by atoms with van der Waals surface area (Å²) in [5.41, 5.74) is 8.66. The topological polar surface area (TPSA) is 65.2 Å². The molecule has 2 aromatic rings. The minimum absolute atomic E-state index is 0.227. The normalized spacial score (nSPS) is 10.8. The molecule has 4 nitrogen and oxygen atoms in total. The third kappa shape index (κ3) is 2.67. The number of carbonyl (C=O) groups is 1. The smallest absolute Gasteiger partial charge is 0.350 e. The molecular formula is C15H18N2O2S. The molecule has 0 radical (unpaired) electrons. The number of hydrogen-bond donors (Lipinski definition) is 1. The Morgan fingerprint density at radius 2 is 2.25 bits per heavy atom. The Bertz CT molecular complexity index is 606. The average molecular weight is 290 g/mol. The molecule has 0 aromatic carbocycles. The number of nitrogen functional groups attached to an aromatic ring is 1. The van der Waals surface area contributed by atoms with Crippen LogP contribution in [-0.4, -0.2) is 17.6 Å². The predicted molar refractivity (Wildman–Crippen MR) is 82.0 cm³/mol. The number of rotatable bonds is 4. The third-order valence-electron chi connectivity index (χ3n) is 2.95. The summed E-state index contributed by atoms with van der Waals surface area (Å²) in [7, 11) is 0. The molecule has 2 N–H and O–H groups in total. The molecular weight excluding hydrogens is 272 g/mol. The monoisotopic (exact) mass is 290 g/mol. The molecule has 0 aliphatic carbocycles. The lowest BCUT2D eigenvalue weighted by molar-refractivity contribution is 0.0533. The maximum Gasteiger partial charge on any atom is 0.350 e. The van der Waals surface area contributed by atoms with E-state index in [0.717, 1.165) is 16.0 Å². The van der Waals surface area contributed by atoms with Gasteiger partial charge in [0.15, 0.2) is 0 Å². The van der Waals surface area contributed by atoms with Gasteiger partial charge in [0.2, 0.25) is 0 Å². The third-order valence-corrected chi connectivity index (χ3v) is 4.20. The summed E-state index contributed by atoms with van der Waals surface area (Å²) in [6, 6.07) is 3.85. The van der Waals surface area contributed by atoms with E-state index in [0.29, 0.717) is 17.2 Å². The highest BCUT2D eigenvalue weighted by atomic mass is 32.1. The van der Waals surface area contributed by atoms with E-state index in [2.05, 4.69) is 18.8 Å². The fourth-order valence-corrected chi connectivity index (χ4v) is 3.35. The zero-order valence-electron chi connectivity index (χ0n) is 11.8. The van der Waals surface area contributed by atoms with Crippen molar-refractivity contribution in [2.75, 3.05) is 12.3 Å². The molecule has 0 fully saturated rings. The summed E-state index contributed by atoms with van der Waals surface area (Å²) < 4.78 is 5.07. The van der Waals surface area contributed by atoms with Crippen molar-refractivity contribution in [3.05, 3.63) is 35.0 Å². The van der Waals surface area contributed by atoms with Crippen molar-refractivity contribution in [1.82, 2.24) is 4.98 Å². The number of pyridine rings is 1. The van der Waals surface area contributed by atoms with E-state index in [1.807, 2.05) is 12.1 Å². The van der Waals surface area contributed by atoms with Gasteiger partial charge >= 0.3 is 5.97 Å². The van der Waals surface area contributed by atoms with Crippen LogP contribution in [0.2, 0.25) is 0 Å². The second-order valence-electron chi connectivity index (χ2n) is 4.70. The number of hydrogen-bond acceptors (Lipinski definition) is 5. The molecule has 0 amide bonds. The summed E-state index contributed by atoms with van der Waals surface area (Å²) in [6.07, 6.45) is 3.51. The molecule has 0 atom stereocenters. The highest BCUT2D eigenvalue weighted by molar-refractivity contribution is 7.18. The quantitative estimate of drug-likeness (QED) is 0.872. The number of aromatic nitrogens is 1. The lowest BCUT2D eigenvalue weighted by Gasteiger charge is -2.08. The molecule has 0 saturated heterocycles. The summed E-state index contributed by atoms with van der Waals surface area (Å²) in [6.45, 7) is 6.25. The Hall–Kier alpha value is -1.88. The van der Waals surface area contributed by atoms with E-state index in [-0.39, 0.29) is 11.9 Å². The van der Waals surface area contributed by atoms with Gasteiger partial charge in [-0.2, -0.15) is 0 Å². The van der Waals surface area contributed by atoms with Crippen LogP contribution in [0.15, 0.2) is 24.5 Å². The Balaban J connectivity index is 2.57. The van der Waals surface area contributed by atoms with Crippen LogP contribution < -0.4 is 5.73 Å². The number of carbonyl (C=O) groups excluding carboxylic acids is 1. The fourth-order valence-electron chi connectivity index (χ4n) is 2.09. The molecule has 0 bridgehead atoms. The van der Waals surface area contributed by atoms with Crippen molar-refractivity contribution in [2.45, 2.75) is 26.7 Å². The van der Waals surface area contributed by atoms with E-state index in [9.17, 15) is 4.79 Å². The first-order valence-electron chi connectivity index (χ1n) is 6.55. The van der Waals surface area contributed by atoms with Crippen molar-refractivity contribution >= 4 is 23.0 Å². The first kappa shape index (κ1) is 14.5. The Morgan fingerprint density at radius 3 is 2.80 bits per heavy atom. The van der Waals surface area contributed by atoms with E-state index in [1.54, 1.807) is 19.3 Å². The predicted octanol–water partition coefficient (Wildman–Crippen LogP) is 3.69. The summed E-state index contributed by atoms with van der Waals surface area (Å²) in [5, 5.41) is 0. The van der Waals surface area contributed by atoms with Crippen LogP contribution in [0.4, 0.5) is 5.69 Å². The number of nitrogens with zero attached hydrogens (tertiary/aromatic N) is 1. The average Bonchev–Trinajstić information content (AvgIpc) is 2.78. The van der Waals surface area contributed by atoms with Gasteiger partial charge in [-0.15, -0.1) is 11.3 Å². The van der Waals surface area contributed by atoms with Crippen molar-refractivity contribution in [3.8, 4) is 10.4 Å². The summed E-state index contributed by atoms with van der Waals surface area (Å²) in [5.74, 6) is -0.128. The van der Waals surface area contributed by atoms with Gasteiger partial charge < -0.3 is 10.5 Å². The van der Waals surface area contributed by atoms with Gasteiger partial charge in [-0.1, -0.05) is 19.9 Å². The zero-order chi connectivity index (χ0) is 14.7. The van der Waals surface area contributed by atoms with Crippen molar-refractivity contribution in [1.29, 1.82) is 0 Å². The molecule has 106 valence electrons. The van der Waals surface area contributed by atoms with Crippen molar-refractivity contribution in [3.63, 3.8) is 0 Å². The van der Waals surface area contributed by atoms with Gasteiger partial charge in [0.05, 0.1) is 12.3 Å². The molecule has 0 aliphatic heterocycles. The van der Waals surface area contributed by atoms with Gasteiger partial charge in [0.1, 0.15) is 4.88 Å². The fraction of sp³-hybridized carbons (Fsp3) is 0.333. The zero-order valence-corrected chi connectivity index (χ0v) is 12.7. The molecule has 5 heteroatoms. The van der Waals surface area contributed by atoms with E-state index in [4.69, 9.17) is 10.5 Å². The second kappa shape index (κ2) is 6.05. The SMILES string of the molecule is CCOC(=O)c1sc(-c2cccnc2)c(C(C)C)c1N. The second-order valence-corrected chi connectivity index (χ2v) is 5.73. The van der Waals surface area contributed by atoms with Gasteiger partial charge in [0, 0.05) is 22.8 Å². The van der Waals surface area contributed by atoms with E-state index in [1.165, 1.54) is 11.3 Å². The van der Waals surface area contributed by atoms with Gasteiger partial charge in [0.25, 0.3) is 0 Å². The first-order valence-corrected chi connectivity index (χ1v) is 7.37. The molecule has 0 aliphatic rings. The largest absolute Gasteiger partial charge is 0.462 e. The lowest BCUT2D eigenvalue weighted by Crippen LogP contribution is -2.06. The molecule has 2 heterocycles. The molecule has 20 heavy (non-hydrogen) atoms. The summed E-state index contributed by atoms with van der Waals surface area (Å²) >= 11 is 1.38. The van der Waals surface area contributed by atoms with Crippen LogP contribution in [0.5, 0.6) is 0 Å². The van der Waals surface area contributed by atoms with Gasteiger partial charge in [-0.25, -0.2) is 4.79 Å². The Labute approximate surface area is 122 Å². The number of anilines is 1. The van der Waals surface area contributed by atoms with E-state index < -0.39 is 0 Å². The van der Waals surface area contributed by atoms with Crippen LogP contribution in [-0.2, 0) is 4.74 Å². The highest BCUT2D eigenvalue weighted by Crippen LogP contribution is 2.42. The lowest BCUT2D eigenvalue weighted by atomic mass is 9.99. The molecule has 0 saturated carbocycles. The van der Waals surface area contributed by atoms with Crippen LogP contribution in [0.3, 0.4) is 0 Å². The van der Waals surface area contributed by atoms with Crippen LogP contribution in [0, 0.1) is 0 Å². The van der Waals surface area contributed by atoms with Crippen LogP contribution in [0.25, 0.3) is 10.4 Å². The first-order chi connectivity index (χ1) is 9.56. The maximum absolute atomic E-state index is 12.0. The Kier molecular flexibility index (Phi) is 4.39. The maximum atomic E-state index is 12.0. The molecule has 0 unspecified atom stereocenters. The minimum Gasteiger partial charge on any atom is -0.462 e. The van der Waals surface area contributed by atoms with Gasteiger partial charge in [-0.3, -0.25) is 4.98 Å². The van der Waals surface area contributed by atoms with Crippen LogP contribution >= 0.6 is 11.3 Å².